The zero-order valence-corrected chi connectivity index (χ0v) is 20.3. The van der Waals surface area contributed by atoms with Crippen LogP contribution in [0.4, 0.5) is 0 Å². The van der Waals surface area contributed by atoms with Gasteiger partial charge in [0.1, 0.15) is 11.5 Å². The number of nitrogens with zero attached hydrogens (tertiary/aromatic N) is 1. The molecule has 0 radical (unpaired) electrons. The van der Waals surface area contributed by atoms with Crippen LogP contribution in [0.15, 0.2) is 88.3 Å². The van der Waals surface area contributed by atoms with E-state index in [4.69, 9.17) is 9.41 Å². The average Bonchev–Trinajstić information content (AvgIpc) is 3.19. The first-order chi connectivity index (χ1) is 15.9. The third-order valence-electron chi connectivity index (χ3n) is 6.11. The van der Waals surface area contributed by atoms with Crippen molar-refractivity contribution in [3.05, 3.63) is 107 Å². The molecule has 0 aliphatic carbocycles. The van der Waals surface area contributed by atoms with Crippen LogP contribution in [-0.4, -0.2) is 6.21 Å². The van der Waals surface area contributed by atoms with Crippen LogP contribution in [0.2, 0.25) is 0 Å². The van der Waals surface area contributed by atoms with E-state index < -0.39 is 0 Å². The molecule has 0 spiro atoms. The van der Waals surface area contributed by atoms with Gasteiger partial charge in [-0.2, -0.15) is 0 Å². The van der Waals surface area contributed by atoms with Crippen molar-refractivity contribution in [1.82, 2.24) is 0 Å². The van der Waals surface area contributed by atoms with Crippen LogP contribution in [0.5, 0.6) is 0 Å². The molecule has 33 heavy (non-hydrogen) atoms. The normalized spacial score (nSPS) is 11.7. The highest BCUT2D eigenvalue weighted by molar-refractivity contribution is 5.84. The van der Waals surface area contributed by atoms with E-state index in [1.165, 1.54) is 33.4 Å². The Labute approximate surface area is 198 Å². The van der Waals surface area contributed by atoms with Crippen molar-refractivity contribution in [2.45, 2.75) is 53.0 Å². The zero-order valence-electron chi connectivity index (χ0n) is 20.3. The van der Waals surface area contributed by atoms with Crippen LogP contribution in [0.1, 0.15) is 67.5 Å². The lowest BCUT2D eigenvalue weighted by atomic mass is 9.87. The Bertz CT molecular complexity index is 1220. The SMILES string of the molecule is Cc1oc(-c2c(C(C)C)cccc2C(C)C)cc1C=NCc1cccc(-c2ccccc2)c1. The summed E-state index contributed by atoms with van der Waals surface area (Å²) in [6, 6.07) is 27.8. The van der Waals surface area contributed by atoms with Crippen LogP contribution in [0.3, 0.4) is 0 Å². The van der Waals surface area contributed by atoms with Crippen molar-refractivity contribution < 1.29 is 4.42 Å². The second-order valence-corrected chi connectivity index (χ2v) is 9.28. The number of rotatable bonds is 7. The highest BCUT2D eigenvalue weighted by Gasteiger charge is 2.19. The molecule has 0 amide bonds. The number of furan rings is 1. The number of aryl methyl sites for hydroxylation is 1. The standard InChI is InChI=1S/C31H33NO/c1-21(2)28-15-10-16-29(22(3)4)31(28)30-18-27(23(5)33-30)20-32-19-24-11-9-14-26(17-24)25-12-7-6-8-13-25/h6-18,20-22H,19H2,1-5H3. The summed E-state index contributed by atoms with van der Waals surface area (Å²) in [6.07, 6.45) is 1.95. The first kappa shape index (κ1) is 22.8. The van der Waals surface area contributed by atoms with E-state index >= 15 is 0 Å². The van der Waals surface area contributed by atoms with E-state index in [0.717, 1.165) is 17.1 Å². The van der Waals surface area contributed by atoms with Gasteiger partial charge in [-0.3, -0.25) is 4.99 Å². The average molecular weight is 436 g/mol. The molecule has 0 saturated carbocycles. The van der Waals surface area contributed by atoms with Crippen LogP contribution >= 0.6 is 0 Å². The summed E-state index contributed by atoms with van der Waals surface area (Å²) in [5.41, 5.74) is 8.58. The molecule has 0 aliphatic heterocycles. The number of hydrogen-bond acceptors (Lipinski definition) is 2. The summed E-state index contributed by atoms with van der Waals surface area (Å²) < 4.78 is 6.27. The Hall–Kier alpha value is -3.39. The first-order valence-corrected chi connectivity index (χ1v) is 11.8. The third kappa shape index (κ3) is 5.17. The second-order valence-electron chi connectivity index (χ2n) is 9.28. The molecule has 4 rings (SSSR count). The molecule has 1 aromatic heterocycles. The van der Waals surface area contributed by atoms with Gasteiger partial charge in [0.15, 0.2) is 0 Å². The van der Waals surface area contributed by atoms with Crippen LogP contribution in [-0.2, 0) is 6.54 Å². The minimum atomic E-state index is 0.429. The van der Waals surface area contributed by atoms with Gasteiger partial charge in [0, 0.05) is 17.3 Å². The van der Waals surface area contributed by atoms with Crippen molar-refractivity contribution in [3.8, 4) is 22.5 Å². The summed E-state index contributed by atoms with van der Waals surface area (Å²) in [4.78, 5) is 4.74. The molecule has 2 nitrogen and oxygen atoms in total. The van der Waals surface area contributed by atoms with Crippen LogP contribution < -0.4 is 0 Å². The zero-order chi connectivity index (χ0) is 23.4. The molecule has 168 valence electrons. The fourth-order valence-electron chi connectivity index (χ4n) is 4.31. The number of hydrogen-bond donors (Lipinski definition) is 0. The van der Waals surface area contributed by atoms with Gasteiger partial charge < -0.3 is 4.42 Å². The molecular formula is C31H33NO. The Morgan fingerprint density at radius 2 is 1.39 bits per heavy atom. The van der Waals surface area contributed by atoms with Gasteiger partial charge in [0.2, 0.25) is 0 Å². The van der Waals surface area contributed by atoms with Gasteiger partial charge in [0.25, 0.3) is 0 Å². The fourth-order valence-corrected chi connectivity index (χ4v) is 4.31. The molecule has 0 unspecified atom stereocenters. The third-order valence-corrected chi connectivity index (χ3v) is 6.11. The predicted molar refractivity (Wildman–Crippen MR) is 140 cm³/mol. The topological polar surface area (TPSA) is 25.5 Å². The maximum absolute atomic E-state index is 6.27. The van der Waals surface area contributed by atoms with Crippen molar-refractivity contribution in [2.24, 2.45) is 4.99 Å². The van der Waals surface area contributed by atoms with Gasteiger partial charge in [-0.05, 0) is 58.7 Å². The molecule has 0 atom stereocenters. The second kappa shape index (κ2) is 10.0. The van der Waals surface area contributed by atoms with E-state index in [-0.39, 0.29) is 0 Å². The summed E-state index contributed by atoms with van der Waals surface area (Å²) in [7, 11) is 0. The minimum absolute atomic E-state index is 0.429. The smallest absolute Gasteiger partial charge is 0.135 e. The van der Waals surface area contributed by atoms with E-state index in [9.17, 15) is 0 Å². The Morgan fingerprint density at radius 1 is 0.758 bits per heavy atom. The van der Waals surface area contributed by atoms with E-state index in [2.05, 4.69) is 100 Å². The minimum Gasteiger partial charge on any atom is -0.461 e. The molecule has 1 heterocycles. The molecule has 4 aromatic rings. The predicted octanol–water partition coefficient (Wildman–Crippen LogP) is 8.79. The summed E-state index contributed by atoms with van der Waals surface area (Å²) in [6.45, 7) is 11.6. The van der Waals surface area contributed by atoms with Crippen molar-refractivity contribution >= 4 is 6.21 Å². The lowest BCUT2D eigenvalue weighted by Gasteiger charge is -2.18. The lowest BCUT2D eigenvalue weighted by Crippen LogP contribution is -1.99. The van der Waals surface area contributed by atoms with Crippen molar-refractivity contribution in [1.29, 1.82) is 0 Å². The quantitative estimate of drug-likeness (QED) is 0.266. The molecular weight excluding hydrogens is 402 g/mol. The van der Waals surface area contributed by atoms with Gasteiger partial charge in [-0.25, -0.2) is 0 Å². The molecule has 0 fully saturated rings. The van der Waals surface area contributed by atoms with Gasteiger partial charge in [0.05, 0.1) is 6.54 Å². The molecule has 0 bridgehead atoms. The van der Waals surface area contributed by atoms with Crippen molar-refractivity contribution in [2.75, 3.05) is 0 Å². The summed E-state index contributed by atoms with van der Waals surface area (Å²) >= 11 is 0. The van der Waals surface area contributed by atoms with Crippen LogP contribution in [0.25, 0.3) is 22.5 Å². The van der Waals surface area contributed by atoms with E-state index in [0.29, 0.717) is 18.4 Å². The Balaban J connectivity index is 1.59. The fraction of sp³-hybridized carbons (Fsp3) is 0.258. The molecule has 0 N–H and O–H groups in total. The Kier molecular flexibility index (Phi) is 6.93. The number of aliphatic imine (C=N–C) groups is 1. The summed E-state index contributed by atoms with van der Waals surface area (Å²) in [5, 5.41) is 0. The van der Waals surface area contributed by atoms with Crippen LogP contribution in [0, 0.1) is 6.92 Å². The van der Waals surface area contributed by atoms with Gasteiger partial charge in [-0.1, -0.05) is 94.4 Å². The first-order valence-electron chi connectivity index (χ1n) is 11.8. The van der Waals surface area contributed by atoms with Crippen molar-refractivity contribution in [3.63, 3.8) is 0 Å². The van der Waals surface area contributed by atoms with Gasteiger partial charge in [-0.15, -0.1) is 0 Å². The maximum Gasteiger partial charge on any atom is 0.135 e. The molecule has 0 aliphatic rings. The maximum atomic E-state index is 6.27. The molecule has 3 aromatic carbocycles. The molecule has 0 saturated heterocycles. The molecule has 2 heteroatoms. The van der Waals surface area contributed by atoms with E-state index in [1.807, 2.05) is 19.2 Å². The summed E-state index contributed by atoms with van der Waals surface area (Å²) in [5.74, 6) is 2.70. The number of benzene rings is 3. The van der Waals surface area contributed by atoms with Gasteiger partial charge >= 0.3 is 0 Å². The largest absolute Gasteiger partial charge is 0.461 e. The highest BCUT2D eigenvalue weighted by Crippen LogP contribution is 2.37. The highest BCUT2D eigenvalue weighted by atomic mass is 16.3. The van der Waals surface area contributed by atoms with E-state index in [1.54, 1.807) is 0 Å². The Morgan fingerprint density at radius 3 is 2.06 bits per heavy atom. The monoisotopic (exact) mass is 435 g/mol. The lowest BCUT2D eigenvalue weighted by molar-refractivity contribution is 0.545.